The van der Waals surface area contributed by atoms with Crippen molar-refractivity contribution in [2.75, 3.05) is 0 Å². The molecule has 13 rings (SSSR count). The average Bonchev–Trinajstić information content (AvgIpc) is 3.99. The fourth-order valence-corrected chi connectivity index (χ4v) is 9.91. The van der Waals surface area contributed by atoms with Crippen molar-refractivity contribution in [3.63, 3.8) is 0 Å². The summed E-state index contributed by atoms with van der Waals surface area (Å²) in [6.07, 6.45) is 2.99. The van der Waals surface area contributed by atoms with Crippen molar-refractivity contribution < 1.29 is 8.83 Å². The van der Waals surface area contributed by atoms with Crippen LogP contribution in [0, 0.1) is 5.92 Å². The molecule has 5 heteroatoms. The topological polar surface area (TPSA) is 55.9 Å². The van der Waals surface area contributed by atoms with Gasteiger partial charge in [0.25, 0.3) is 0 Å². The maximum atomic E-state index is 6.98. The Balaban J connectivity index is 1.13. The van der Waals surface area contributed by atoms with Gasteiger partial charge in [-0.05, 0) is 76.5 Å². The molecule has 3 aromatic heterocycles. The zero-order chi connectivity index (χ0) is 40.9. The van der Waals surface area contributed by atoms with Crippen molar-refractivity contribution in [2.24, 2.45) is 15.9 Å². The molecule has 12 aromatic rings. The van der Waals surface area contributed by atoms with Gasteiger partial charge in [-0.1, -0.05) is 146 Å². The van der Waals surface area contributed by atoms with E-state index in [9.17, 15) is 0 Å². The molecule has 1 unspecified atom stereocenters. The first kappa shape index (κ1) is 34.8. The molecule has 1 atom stereocenters. The lowest BCUT2D eigenvalue weighted by atomic mass is 9.91. The number of aliphatic imine (C=N–C) groups is 2. The van der Waals surface area contributed by atoms with Crippen LogP contribution >= 0.6 is 0 Å². The molecule has 0 amide bonds. The normalized spacial score (nSPS) is 17.4. The standard InChI is InChI=1S/C57H37N3O2/c1-34-28-30-47(58-57(44-23-12-17-35-14-4-5-18-38(35)44)59-54(34)45-24-13-22-42-40-20-7-10-26-51(40)61-55(42)45)53-49(31-29-43-41-21-8-11-27-52(41)62-56(43)53)60-48-25-9-6-19-39(48)46-32-36-15-2-3-16-37(36)33-50(46)60/h2-27,29-34H,28H2,1H3/b47-30+,58-57-,59-54+. The third kappa shape index (κ3) is 5.21. The molecule has 292 valence electrons. The predicted octanol–water partition coefficient (Wildman–Crippen LogP) is 15.2. The first-order chi connectivity index (χ1) is 30.7. The van der Waals surface area contributed by atoms with Crippen LogP contribution in [0.15, 0.2) is 207 Å². The van der Waals surface area contributed by atoms with Crippen LogP contribution in [0.3, 0.4) is 0 Å². The average molecular weight is 796 g/mol. The Morgan fingerprint density at radius 2 is 1.06 bits per heavy atom. The van der Waals surface area contributed by atoms with Crippen molar-refractivity contribution >= 4 is 104 Å². The third-order valence-electron chi connectivity index (χ3n) is 12.9. The summed E-state index contributed by atoms with van der Waals surface area (Å²) in [4.78, 5) is 11.4. The van der Waals surface area contributed by atoms with Gasteiger partial charge in [-0.25, -0.2) is 9.98 Å². The Morgan fingerprint density at radius 3 is 1.87 bits per heavy atom. The van der Waals surface area contributed by atoms with Gasteiger partial charge in [0.05, 0.1) is 33.7 Å². The van der Waals surface area contributed by atoms with Crippen LogP contribution in [0.1, 0.15) is 30.0 Å². The summed E-state index contributed by atoms with van der Waals surface area (Å²) in [5.74, 6) is 0.636. The quantitative estimate of drug-likeness (QED) is 0.178. The summed E-state index contributed by atoms with van der Waals surface area (Å²) in [5, 5.41) is 11.3. The minimum absolute atomic E-state index is 0.00205. The summed E-state index contributed by atoms with van der Waals surface area (Å²) < 4.78 is 16.0. The minimum atomic E-state index is 0.00205. The van der Waals surface area contributed by atoms with Gasteiger partial charge in [-0.2, -0.15) is 0 Å². The smallest absolute Gasteiger partial charge is 0.160 e. The maximum absolute atomic E-state index is 6.98. The van der Waals surface area contributed by atoms with Crippen molar-refractivity contribution in [3.05, 3.63) is 205 Å². The van der Waals surface area contributed by atoms with Gasteiger partial charge in [0.15, 0.2) is 5.84 Å². The molecular weight excluding hydrogens is 759 g/mol. The second-order valence-corrected chi connectivity index (χ2v) is 16.5. The molecule has 0 N–H and O–H groups in total. The molecule has 0 radical (unpaired) electrons. The molecule has 9 aromatic carbocycles. The zero-order valence-electron chi connectivity index (χ0n) is 33.8. The second kappa shape index (κ2) is 13.5. The van der Waals surface area contributed by atoms with E-state index < -0.39 is 0 Å². The molecule has 0 saturated carbocycles. The number of aromatic nitrogens is 1. The Labute approximate surface area is 356 Å². The molecule has 1 aliphatic rings. The highest BCUT2D eigenvalue weighted by molar-refractivity contribution is 6.23. The Morgan fingerprint density at radius 1 is 0.468 bits per heavy atom. The lowest BCUT2D eigenvalue weighted by Gasteiger charge is -2.21. The number of allylic oxidation sites excluding steroid dienone is 1. The van der Waals surface area contributed by atoms with Crippen molar-refractivity contribution in [1.29, 1.82) is 0 Å². The SMILES string of the molecule is CC1C/C=C(c2c(-n3c4ccccc4c4cc5ccccc5cc43)ccc3c2oc2ccccc23)/N=C(c2cccc3ccccc23)\N=C/1c1cccc2c1oc1ccccc12. The van der Waals surface area contributed by atoms with Gasteiger partial charge >= 0.3 is 0 Å². The molecule has 62 heavy (non-hydrogen) atoms. The molecular formula is C57H37N3O2. The van der Waals surface area contributed by atoms with Crippen LogP contribution < -0.4 is 0 Å². The number of nitrogens with zero attached hydrogens (tertiary/aromatic N) is 3. The monoisotopic (exact) mass is 795 g/mol. The van der Waals surface area contributed by atoms with E-state index in [1.165, 1.54) is 21.5 Å². The molecule has 0 saturated heterocycles. The molecule has 0 bridgehead atoms. The van der Waals surface area contributed by atoms with Crippen molar-refractivity contribution in [3.8, 4) is 5.69 Å². The largest absolute Gasteiger partial charge is 0.455 e. The molecule has 4 heterocycles. The molecule has 0 spiro atoms. The molecule has 0 aliphatic carbocycles. The zero-order valence-corrected chi connectivity index (χ0v) is 33.8. The minimum Gasteiger partial charge on any atom is -0.455 e. The lowest BCUT2D eigenvalue weighted by Crippen LogP contribution is -2.17. The highest BCUT2D eigenvalue weighted by atomic mass is 16.3. The van der Waals surface area contributed by atoms with Gasteiger partial charge in [-0.15, -0.1) is 0 Å². The number of benzene rings is 9. The third-order valence-corrected chi connectivity index (χ3v) is 12.9. The fraction of sp³-hybridized carbons (Fsp3) is 0.0526. The lowest BCUT2D eigenvalue weighted by molar-refractivity contribution is 0.666. The van der Waals surface area contributed by atoms with E-state index in [1.54, 1.807) is 0 Å². The number of hydrogen-bond acceptors (Lipinski definition) is 4. The number of para-hydroxylation sites is 4. The summed E-state index contributed by atoms with van der Waals surface area (Å²) in [6.45, 7) is 2.27. The maximum Gasteiger partial charge on any atom is 0.160 e. The highest BCUT2D eigenvalue weighted by Gasteiger charge is 2.27. The predicted molar refractivity (Wildman–Crippen MR) is 258 cm³/mol. The van der Waals surface area contributed by atoms with E-state index in [2.05, 4.69) is 181 Å². The number of amidine groups is 1. The van der Waals surface area contributed by atoms with Crippen LogP contribution in [0.25, 0.3) is 98.6 Å². The Kier molecular flexibility index (Phi) is 7.58. The molecule has 1 aliphatic heterocycles. The summed E-state index contributed by atoms with van der Waals surface area (Å²) in [7, 11) is 0. The first-order valence-corrected chi connectivity index (χ1v) is 21.3. The van der Waals surface area contributed by atoms with Gasteiger partial charge in [-0.3, -0.25) is 0 Å². The summed E-state index contributed by atoms with van der Waals surface area (Å²) in [5.41, 5.74) is 11.2. The van der Waals surface area contributed by atoms with Crippen LogP contribution in [0.5, 0.6) is 0 Å². The number of fused-ring (bicyclic) bond motifs is 11. The van der Waals surface area contributed by atoms with Crippen LogP contribution in [0.2, 0.25) is 0 Å². The van der Waals surface area contributed by atoms with Crippen LogP contribution in [-0.2, 0) is 0 Å². The van der Waals surface area contributed by atoms with Gasteiger partial charge in [0, 0.05) is 49.4 Å². The van der Waals surface area contributed by atoms with E-state index in [1.807, 2.05) is 18.2 Å². The number of furan rings is 2. The van der Waals surface area contributed by atoms with Crippen LogP contribution in [0.4, 0.5) is 0 Å². The Bertz CT molecular complexity index is 3920. The Hall–Kier alpha value is -8.02. The number of hydrogen-bond donors (Lipinski definition) is 0. The van der Waals surface area contributed by atoms with Gasteiger partial charge in [0.1, 0.15) is 22.3 Å². The van der Waals surface area contributed by atoms with E-state index in [0.29, 0.717) is 12.3 Å². The van der Waals surface area contributed by atoms with E-state index in [-0.39, 0.29) is 5.92 Å². The first-order valence-electron chi connectivity index (χ1n) is 21.3. The summed E-state index contributed by atoms with van der Waals surface area (Å²) >= 11 is 0. The van der Waals surface area contributed by atoms with Gasteiger partial charge in [0.2, 0.25) is 0 Å². The summed E-state index contributed by atoms with van der Waals surface area (Å²) in [6, 6.07) is 64.3. The second-order valence-electron chi connectivity index (χ2n) is 16.5. The van der Waals surface area contributed by atoms with E-state index >= 15 is 0 Å². The number of rotatable bonds is 4. The van der Waals surface area contributed by atoms with Gasteiger partial charge < -0.3 is 13.4 Å². The fourth-order valence-electron chi connectivity index (χ4n) is 9.91. The molecule has 5 nitrogen and oxygen atoms in total. The highest BCUT2D eigenvalue weighted by Crippen LogP contribution is 2.43. The van der Waals surface area contributed by atoms with Crippen molar-refractivity contribution in [2.45, 2.75) is 13.3 Å². The van der Waals surface area contributed by atoms with E-state index in [4.69, 9.17) is 18.8 Å². The van der Waals surface area contributed by atoms with E-state index in [0.717, 1.165) is 99.5 Å². The van der Waals surface area contributed by atoms with Crippen LogP contribution in [-0.4, -0.2) is 16.1 Å². The molecule has 0 fully saturated rings. The van der Waals surface area contributed by atoms with Crippen molar-refractivity contribution in [1.82, 2.24) is 4.57 Å².